The Labute approximate surface area is 103 Å². The molecule has 1 aliphatic rings. The van der Waals surface area contributed by atoms with Crippen LogP contribution in [0.1, 0.15) is 25.3 Å². The van der Waals surface area contributed by atoms with Gasteiger partial charge in [0.2, 0.25) is 0 Å². The average Bonchev–Trinajstić information content (AvgIpc) is 3.04. The molecular formula is C13H23N3O. The van der Waals surface area contributed by atoms with Gasteiger partial charge in [0.15, 0.2) is 0 Å². The van der Waals surface area contributed by atoms with Gasteiger partial charge in [-0.2, -0.15) is 5.10 Å². The number of rotatable bonds is 7. The summed E-state index contributed by atoms with van der Waals surface area (Å²) in [7, 11) is 3.79. The Morgan fingerprint density at radius 3 is 2.82 bits per heavy atom. The minimum absolute atomic E-state index is 0.343. The van der Waals surface area contributed by atoms with Gasteiger partial charge in [-0.05, 0) is 37.3 Å². The summed E-state index contributed by atoms with van der Waals surface area (Å²) in [6.07, 6.45) is 8.00. The second kappa shape index (κ2) is 5.65. The van der Waals surface area contributed by atoms with Crippen molar-refractivity contribution >= 4 is 0 Å². The summed E-state index contributed by atoms with van der Waals surface area (Å²) in [5.41, 5.74) is 1.28. The van der Waals surface area contributed by atoms with E-state index in [1.54, 1.807) is 0 Å². The summed E-state index contributed by atoms with van der Waals surface area (Å²) in [4.78, 5) is 0. The van der Waals surface area contributed by atoms with Crippen LogP contribution < -0.4 is 5.32 Å². The van der Waals surface area contributed by atoms with Crippen molar-refractivity contribution in [2.45, 2.75) is 38.3 Å². The fourth-order valence-electron chi connectivity index (χ4n) is 2.51. The van der Waals surface area contributed by atoms with Gasteiger partial charge in [-0.1, -0.05) is 6.92 Å². The zero-order valence-corrected chi connectivity index (χ0v) is 11.0. The van der Waals surface area contributed by atoms with Crippen molar-refractivity contribution in [1.82, 2.24) is 15.1 Å². The monoisotopic (exact) mass is 237 g/mol. The van der Waals surface area contributed by atoms with E-state index in [2.05, 4.69) is 23.5 Å². The van der Waals surface area contributed by atoms with Crippen molar-refractivity contribution in [3.8, 4) is 0 Å². The second-order valence-corrected chi connectivity index (χ2v) is 4.93. The molecule has 0 saturated heterocycles. The van der Waals surface area contributed by atoms with Crippen molar-refractivity contribution in [3.05, 3.63) is 18.0 Å². The maximum atomic E-state index is 5.68. The third kappa shape index (κ3) is 3.30. The predicted octanol–water partition coefficient (Wildman–Crippen LogP) is 1.37. The van der Waals surface area contributed by atoms with Crippen molar-refractivity contribution < 1.29 is 4.74 Å². The Hall–Kier alpha value is -0.870. The number of hydrogen-bond donors (Lipinski definition) is 1. The van der Waals surface area contributed by atoms with E-state index in [0.29, 0.717) is 12.1 Å². The van der Waals surface area contributed by atoms with E-state index in [9.17, 15) is 0 Å². The van der Waals surface area contributed by atoms with E-state index in [1.807, 2.05) is 25.0 Å². The molecule has 4 nitrogen and oxygen atoms in total. The standard InChI is InChI=1S/C13H23N3O/c1-4-14-12(13(17-3)11-5-6-11)7-10-8-15-16(2)9-10/h8-9,11-14H,4-7H2,1-3H3. The van der Waals surface area contributed by atoms with E-state index < -0.39 is 0 Å². The first-order chi connectivity index (χ1) is 8.24. The summed E-state index contributed by atoms with van der Waals surface area (Å²) in [5.74, 6) is 0.751. The molecule has 96 valence electrons. The van der Waals surface area contributed by atoms with E-state index >= 15 is 0 Å². The topological polar surface area (TPSA) is 39.1 Å². The molecule has 0 amide bonds. The van der Waals surface area contributed by atoms with E-state index in [4.69, 9.17) is 4.74 Å². The Balaban J connectivity index is 2.00. The SMILES string of the molecule is CCNC(Cc1cnn(C)c1)C(OC)C1CC1. The van der Waals surface area contributed by atoms with Crippen LogP contribution in [0.4, 0.5) is 0 Å². The molecule has 0 aromatic carbocycles. The molecule has 0 aliphatic heterocycles. The number of hydrogen-bond acceptors (Lipinski definition) is 3. The molecule has 0 radical (unpaired) electrons. The molecular weight excluding hydrogens is 214 g/mol. The van der Waals surface area contributed by atoms with Crippen molar-refractivity contribution in [2.24, 2.45) is 13.0 Å². The third-order valence-corrected chi connectivity index (χ3v) is 3.44. The van der Waals surface area contributed by atoms with Gasteiger partial charge in [-0.25, -0.2) is 0 Å². The predicted molar refractivity (Wildman–Crippen MR) is 67.9 cm³/mol. The van der Waals surface area contributed by atoms with Crippen LogP contribution >= 0.6 is 0 Å². The maximum absolute atomic E-state index is 5.68. The summed E-state index contributed by atoms with van der Waals surface area (Å²) in [5, 5.41) is 7.77. The molecule has 1 fully saturated rings. The first-order valence-corrected chi connectivity index (χ1v) is 6.48. The number of ether oxygens (including phenoxy) is 1. The molecule has 4 heteroatoms. The van der Waals surface area contributed by atoms with Gasteiger partial charge < -0.3 is 10.1 Å². The van der Waals surface area contributed by atoms with Gasteiger partial charge in [0, 0.05) is 26.4 Å². The van der Waals surface area contributed by atoms with Gasteiger partial charge in [-0.15, -0.1) is 0 Å². The number of aromatic nitrogens is 2. The van der Waals surface area contributed by atoms with Crippen molar-refractivity contribution in [2.75, 3.05) is 13.7 Å². The fourth-order valence-corrected chi connectivity index (χ4v) is 2.51. The Kier molecular flexibility index (Phi) is 4.18. The molecule has 0 spiro atoms. The fraction of sp³-hybridized carbons (Fsp3) is 0.769. The quantitative estimate of drug-likeness (QED) is 0.778. The lowest BCUT2D eigenvalue weighted by atomic mass is 10.00. The highest BCUT2D eigenvalue weighted by atomic mass is 16.5. The first-order valence-electron chi connectivity index (χ1n) is 6.48. The normalized spacial score (nSPS) is 19.2. The molecule has 17 heavy (non-hydrogen) atoms. The number of aryl methyl sites for hydroxylation is 1. The highest BCUT2D eigenvalue weighted by molar-refractivity contribution is 5.08. The lowest BCUT2D eigenvalue weighted by Crippen LogP contribution is -2.43. The van der Waals surface area contributed by atoms with Gasteiger partial charge in [-0.3, -0.25) is 4.68 Å². The largest absolute Gasteiger partial charge is 0.380 e. The van der Waals surface area contributed by atoms with Crippen LogP contribution in [0.5, 0.6) is 0 Å². The molecule has 1 heterocycles. The summed E-state index contributed by atoms with van der Waals surface area (Å²) in [6, 6.07) is 0.404. The highest BCUT2D eigenvalue weighted by Gasteiger charge is 2.36. The Morgan fingerprint density at radius 2 is 2.35 bits per heavy atom. The molecule has 2 unspecified atom stereocenters. The minimum atomic E-state index is 0.343. The number of nitrogens with one attached hydrogen (secondary N) is 1. The second-order valence-electron chi connectivity index (χ2n) is 4.93. The van der Waals surface area contributed by atoms with Crippen LogP contribution in [0.25, 0.3) is 0 Å². The average molecular weight is 237 g/mol. The van der Waals surface area contributed by atoms with Gasteiger partial charge >= 0.3 is 0 Å². The van der Waals surface area contributed by atoms with Crippen molar-refractivity contribution in [1.29, 1.82) is 0 Å². The molecule has 2 rings (SSSR count). The van der Waals surface area contributed by atoms with Gasteiger partial charge in [0.25, 0.3) is 0 Å². The van der Waals surface area contributed by atoms with Crippen LogP contribution in [-0.4, -0.2) is 35.6 Å². The zero-order valence-electron chi connectivity index (χ0n) is 11.0. The Morgan fingerprint density at radius 1 is 1.59 bits per heavy atom. The van der Waals surface area contributed by atoms with Crippen LogP contribution in [0.2, 0.25) is 0 Å². The van der Waals surface area contributed by atoms with Gasteiger partial charge in [0.1, 0.15) is 0 Å². The molecule has 1 N–H and O–H groups in total. The van der Waals surface area contributed by atoms with E-state index in [1.165, 1.54) is 18.4 Å². The van der Waals surface area contributed by atoms with Crippen LogP contribution in [0, 0.1) is 5.92 Å². The van der Waals surface area contributed by atoms with Crippen LogP contribution in [-0.2, 0) is 18.2 Å². The van der Waals surface area contributed by atoms with Gasteiger partial charge in [0.05, 0.1) is 12.3 Å². The molecule has 0 bridgehead atoms. The minimum Gasteiger partial charge on any atom is -0.380 e. The maximum Gasteiger partial charge on any atom is 0.0755 e. The summed E-state index contributed by atoms with van der Waals surface area (Å²) >= 11 is 0. The molecule has 1 aliphatic carbocycles. The molecule has 1 aromatic rings. The zero-order chi connectivity index (χ0) is 12.3. The third-order valence-electron chi connectivity index (χ3n) is 3.44. The van der Waals surface area contributed by atoms with Crippen LogP contribution in [0.15, 0.2) is 12.4 Å². The lowest BCUT2D eigenvalue weighted by Gasteiger charge is -2.26. The van der Waals surface area contributed by atoms with E-state index in [-0.39, 0.29) is 0 Å². The summed E-state index contributed by atoms with van der Waals surface area (Å²) in [6.45, 7) is 3.13. The highest BCUT2D eigenvalue weighted by Crippen LogP contribution is 2.36. The smallest absolute Gasteiger partial charge is 0.0755 e. The summed E-state index contributed by atoms with van der Waals surface area (Å²) < 4.78 is 7.54. The van der Waals surface area contributed by atoms with Crippen molar-refractivity contribution in [3.63, 3.8) is 0 Å². The lowest BCUT2D eigenvalue weighted by molar-refractivity contribution is 0.0516. The molecule has 2 atom stereocenters. The first kappa shape index (κ1) is 12.6. The van der Waals surface area contributed by atoms with E-state index in [0.717, 1.165) is 18.9 Å². The number of nitrogens with zero attached hydrogens (tertiary/aromatic N) is 2. The number of methoxy groups -OCH3 is 1. The number of likely N-dealkylation sites (N-methyl/N-ethyl adjacent to an activating group) is 1. The van der Waals surface area contributed by atoms with Crippen LogP contribution in [0.3, 0.4) is 0 Å². The Bertz CT molecular complexity index is 346. The molecule has 1 saturated carbocycles. The molecule has 1 aromatic heterocycles.